The van der Waals surface area contributed by atoms with Gasteiger partial charge in [0.15, 0.2) is 5.52 Å². The van der Waals surface area contributed by atoms with E-state index in [-0.39, 0.29) is 22.4 Å². The molecule has 0 bridgehead atoms. The number of rotatable bonds is 5. The molecule has 13 nitrogen and oxygen atoms in total. The summed E-state index contributed by atoms with van der Waals surface area (Å²) < 4.78 is 4.49. The third-order valence-electron chi connectivity index (χ3n) is 3.57. The van der Waals surface area contributed by atoms with E-state index >= 15 is 0 Å². The Morgan fingerprint density at radius 3 is 2.15 bits per heavy atom. The molecule has 13 heteroatoms. The highest BCUT2D eigenvalue weighted by atomic mass is 16.6. The van der Waals surface area contributed by atoms with Crippen molar-refractivity contribution in [3.05, 3.63) is 60.2 Å². The van der Waals surface area contributed by atoms with Crippen LogP contribution in [0.4, 0.5) is 28.4 Å². The molecule has 0 spiro atoms. The van der Waals surface area contributed by atoms with E-state index in [0.29, 0.717) is 11.3 Å². The highest BCUT2D eigenvalue weighted by molar-refractivity contribution is 6.00. The number of aromatic nitrogens is 2. The van der Waals surface area contributed by atoms with Crippen molar-refractivity contribution in [1.82, 2.24) is 10.3 Å². The average Bonchev–Trinajstić information content (AvgIpc) is 3.05. The molecule has 3 aromatic rings. The molecule has 0 radical (unpaired) electrons. The minimum Gasteiger partial charge on any atom is -0.348 e. The highest BCUT2D eigenvalue weighted by Gasteiger charge is 2.30. The van der Waals surface area contributed by atoms with E-state index in [2.05, 4.69) is 20.3 Å². The van der Waals surface area contributed by atoms with Crippen LogP contribution in [0.15, 0.2) is 28.9 Å². The number of benzene rings is 2. The minimum absolute atomic E-state index is 0.153. The Bertz CT molecular complexity index is 1080. The van der Waals surface area contributed by atoms with Gasteiger partial charge in [-0.3, -0.25) is 30.3 Å². The number of fused-ring (bicyclic) bond motifs is 1. The zero-order valence-corrected chi connectivity index (χ0v) is 12.9. The number of hydrogen-bond acceptors (Lipinski definition) is 10. The first-order chi connectivity index (χ1) is 12.3. The standard InChI is InChI=1S/C13H8N6O7/c1-6-4-7(17(20)21)2-3-8(6)14-11-9(18(22)23)5-10(19(24)25)12-13(11)16-26-15-12/h2-5,14H,1H3. The van der Waals surface area contributed by atoms with E-state index < -0.39 is 26.1 Å². The van der Waals surface area contributed by atoms with Gasteiger partial charge in [-0.25, -0.2) is 4.63 Å². The number of aryl methyl sites for hydroxylation is 1. The van der Waals surface area contributed by atoms with Gasteiger partial charge in [0, 0.05) is 17.8 Å². The first-order valence-electron chi connectivity index (χ1n) is 6.89. The Labute approximate surface area is 142 Å². The lowest BCUT2D eigenvalue weighted by molar-refractivity contribution is -0.392. The molecule has 0 amide bonds. The predicted molar refractivity (Wildman–Crippen MR) is 86.2 cm³/mol. The Balaban J connectivity index is 2.19. The minimum atomic E-state index is -0.833. The normalized spacial score (nSPS) is 10.7. The molecule has 2 aromatic carbocycles. The Morgan fingerprint density at radius 2 is 1.58 bits per heavy atom. The average molecular weight is 360 g/mol. The van der Waals surface area contributed by atoms with Gasteiger partial charge in [-0.15, -0.1) is 0 Å². The molecule has 132 valence electrons. The lowest BCUT2D eigenvalue weighted by atomic mass is 10.1. The maximum atomic E-state index is 11.4. The number of anilines is 2. The number of nitrogens with one attached hydrogen (secondary N) is 1. The molecule has 0 aliphatic rings. The van der Waals surface area contributed by atoms with Crippen LogP contribution in [0.2, 0.25) is 0 Å². The fraction of sp³-hybridized carbons (Fsp3) is 0.0769. The Kier molecular flexibility index (Phi) is 3.88. The van der Waals surface area contributed by atoms with E-state index in [1.807, 2.05) is 0 Å². The van der Waals surface area contributed by atoms with Gasteiger partial charge in [-0.2, -0.15) is 0 Å². The van der Waals surface area contributed by atoms with Gasteiger partial charge >= 0.3 is 11.4 Å². The van der Waals surface area contributed by atoms with Crippen LogP contribution in [0, 0.1) is 37.3 Å². The smallest absolute Gasteiger partial charge is 0.307 e. The summed E-state index contributed by atoms with van der Waals surface area (Å²) >= 11 is 0. The summed E-state index contributed by atoms with van der Waals surface area (Å²) in [5.74, 6) is 0. The zero-order chi connectivity index (χ0) is 19.0. The summed E-state index contributed by atoms with van der Waals surface area (Å²) in [5.41, 5.74) is -1.29. The monoisotopic (exact) mass is 360 g/mol. The number of nitro groups is 3. The van der Waals surface area contributed by atoms with Gasteiger partial charge < -0.3 is 5.32 Å². The SMILES string of the molecule is Cc1cc([N+](=O)[O-])ccc1Nc1c([N+](=O)[O-])cc([N+](=O)[O-])c2nonc12. The van der Waals surface area contributed by atoms with Gasteiger partial charge in [0.05, 0.1) is 20.8 Å². The second-order valence-electron chi connectivity index (χ2n) is 5.15. The largest absolute Gasteiger partial charge is 0.348 e. The molecule has 0 atom stereocenters. The molecular weight excluding hydrogens is 352 g/mol. The van der Waals surface area contributed by atoms with Crippen LogP contribution in [-0.2, 0) is 0 Å². The number of nitrogens with zero attached hydrogens (tertiary/aromatic N) is 5. The molecule has 0 fully saturated rings. The van der Waals surface area contributed by atoms with Crippen molar-refractivity contribution in [3.63, 3.8) is 0 Å². The summed E-state index contributed by atoms with van der Waals surface area (Å²) in [6.45, 7) is 1.56. The third-order valence-corrected chi connectivity index (χ3v) is 3.57. The van der Waals surface area contributed by atoms with E-state index in [1.165, 1.54) is 18.2 Å². The van der Waals surface area contributed by atoms with Gasteiger partial charge in [-0.1, -0.05) is 0 Å². The molecule has 0 saturated carbocycles. The fourth-order valence-corrected chi connectivity index (χ4v) is 2.35. The molecule has 0 aliphatic carbocycles. The first-order valence-corrected chi connectivity index (χ1v) is 6.89. The van der Waals surface area contributed by atoms with Crippen molar-refractivity contribution in [2.75, 3.05) is 5.32 Å². The summed E-state index contributed by atoms with van der Waals surface area (Å²) in [6, 6.07) is 4.59. The second kappa shape index (κ2) is 6.04. The molecule has 0 aliphatic heterocycles. The van der Waals surface area contributed by atoms with Gasteiger partial charge in [0.25, 0.3) is 5.69 Å². The predicted octanol–water partition coefficient (Wildman–Crippen LogP) is 3.00. The topological polar surface area (TPSA) is 180 Å². The van der Waals surface area contributed by atoms with Crippen molar-refractivity contribution in [2.45, 2.75) is 6.92 Å². The summed E-state index contributed by atoms with van der Waals surface area (Å²) in [6.07, 6.45) is 0. The van der Waals surface area contributed by atoms with Crippen LogP contribution in [0.25, 0.3) is 11.0 Å². The molecule has 0 saturated heterocycles. The molecule has 1 N–H and O–H groups in total. The number of hydrogen-bond donors (Lipinski definition) is 1. The van der Waals surface area contributed by atoms with Crippen LogP contribution < -0.4 is 5.32 Å². The van der Waals surface area contributed by atoms with Crippen LogP contribution in [0.3, 0.4) is 0 Å². The summed E-state index contributed by atoms with van der Waals surface area (Å²) in [5, 5.41) is 42.9. The summed E-state index contributed by atoms with van der Waals surface area (Å²) in [7, 11) is 0. The van der Waals surface area contributed by atoms with Crippen molar-refractivity contribution < 1.29 is 19.4 Å². The Morgan fingerprint density at radius 1 is 0.923 bits per heavy atom. The van der Waals surface area contributed by atoms with Crippen LogP contribution in [0.5, 0.6) is 0 Å². The quantitative estimate of drug-likeness (QED) is 0.524. The van der Waals surface area contributed by atoms with E-state index in [4.69, 9.17) is 0 Å². The van der Waals surface area contributed by atoms with Crippen LogP contribution in [0.1, 0.15) is 5.56 Å². The van der Waals surface area contributed by atoms with E-state index in [9.17, 15) is 30.3 Å². The zero-order valence-electron chi connectivity index (χ0n) is 12.9. The lowest BCUT2D eigenvalue weighted by Gasteiger charge is -2.10. The number of nitro benzene ring substituents is 3. The fourth-order valence-electron chi connectivity index (χ4n) is 2.35. The first kappa shape index (κ1) is 16.7. The van der Waals surface area contributed by atoms with Gasteiger partial charge in [-0.05, 0) is 28.9 Å². The van der Waals surface area contributed by atoms with E-state index in [0.717, 1.165) is 6.07 Å². The van der Waals surface area contributed by atoms with Gasteiger partial charge in [0.2, 0.25) is 5.52 Å². The maximum Gasteiger partial charge on any atom is 0.307 e. The van der Waals surface area contributed by atoms with Crippen molar-refractivity contribution in [2.24, 2.45) is 0 Å². The van der Waals surface area contributed by atoms with Crippen LogP contribution >= 0.6 is 0 Å². The van der Waals surface area contributed by atoms with Crippen molar-refractivity contribution in [3.8, 4) is 0 Å². The Hall–Kier alpha value is -4.16. The van der Waals surface area contributed by atoms with Gasteiger partial charge in [0.1, 0.15) is 5.69 Å². The van der Waals surface area contributed by atoms with Crippen molar-refractivity contribution in [1.29, 1.82) is 0 Å². The second-order valence-corrected chi connectivity index (χ2v) is 5.15. The molecule has 0 unspecified atom stereocenters. The molecule has 1 heterocycles. The lowest BCUT2D eigenvalue weighted by Crippen LogP contribution is -2.02. The highest BCUT2D eigenvalue weighted by Crippen LogP contribution is 2.39. The van der Waals surface area contributed by atoms with E-state index in [1.54, 1.807) is 6.92 Å². The third kappa shape index (κ3) is 2.72. The molecule has 26 heavy (non-hydrogen) atoms. The molecular formula is C13H8N6O7. The molecule has 3 rings (SSSR count). The number of non-ortho nitro benzene ring substituents is 2. The van der Waals surface area contributed by atoms with Crippen molar-refractivity contribution >= 4 is 39.5 Å². The van der Waals surface area contributed by atoms with Crippen LogP contribution in [-0.4, -0.2) is 25.1 Å². The summed E-state index contributed by atoms with van der Waals surface area (Å²) in [4.78, 5) is 31.0. The maximum absolute atomic E-state index is 11.4. The molecule has 1 aromatic heterocycles.